The van der Waals surface area contributed by atoms with Crippen molar-refractivity contribution < 1.29 is 4.74 Å². The van der Waals surface area contributed by atoms with Gasteiger partial charge < -0.3 is 4.74 Å². The van der Waals surface area contributed by atoms with E-state index in [9.17, 15) is 0 Å². The van der Waals surface area contributed by atoms with E-state index in [4.69, 9.17) is 4.74 Å². The maximum atomic E-state index is 5.44. The van der Waals surface area contributed by atoms with Gasteiger partial charge >= 0.3 is 0 Å². The van der Waals surface area contributed by atoms with Crippen molar-refractivity contribution in [2.45, 2.75) is 38.6 Å². The van der Waals surface area contributed by atoms with Gasteiger partial charge in [-0.05, 0) is 56.7 Å². The number of nitrogens with zero attached hydrogens (tertiary/aromatic N) is 3. The maximum Gasteiger partial charge on any atom is 0.0797 e. The van der Waals surface area contributed by atoms with Crippen molar-refractivity contribution >= 4 is 0 Å². The Kier molecular flexibility index (Phi) is 4.46. The van der Waals surface area contributed by atoms with Crippen molar-refractivity contribution in [3.63, 3.8) is 0 Å². The third-order valence-corrected chi connectivity index (χ3v) is 5.59. The van der Waals surface area contributed by atoms with Crippen molar-refractivity contribution in [1.82, 2.24) is 20.0 Å². The Morgan fingerprint density at radius 3 is 2.68 bits per heavy atom. The van der Waals surface area contributed by atoms with Gasteiger partial charge in [0, 0.05) is 31.9 Å². The number of hydrogen-bond donors (Lipinski definition) is 1. The Morgan fingerprint density at radius 1 is 1.05 bits per heavy atom. The molecule has 1 N–H and O–H groups in total. The number of aryl methyl sites for hydroxylation is 1. The van der Waals surface area contributed by atoms with Crippen LogP contribution in [0.2, 0.25) is 0 Å². The third kappa shape index (κ3) is 3.21. The number of aromatic amines is 1. The predicted molar refractivity (Wildman–Crippen MR) is 85.9 cm³/mol. The van der Waals surface area contributed by atoms with Gasteiger partial charge in [0.15, 0.2) is 0 Å². The van der Waals surface area contributed by atoms with Crippen LogP contribution in [0.5, 0.6) is 0 Å². The largest absolute Gasteiger partial charge is 0.379 e. The van der Waals surface area contributed by atoms with E-state index in [1.807, 2.05) is 0 Å². The van der Waals surface area contributed by atoms with E-state index in [1.165, 1.54) is 68.7 Å². The summed E-state index contributed by atoms with van der Waals surface area (Å²) in [6, 6.07) is 0. The Bertz CT molecular complexity index is 487. The van der Waals surface area contributed by atoms with Crippen LogP contribution < -0.4 is 0 Å². The quantitative estimate of drug-likeness (QED) is 0.914. The molecule has 22 heavy (non-hydrogen) atoms. The standard InChI is InChI=1S/C17H28N4O/c1-2-15-16(3-1)18-19-17(15)13-20-6-4-14(5-7-20)12-21-8-10-22-11-9-21/h14H,1-13H2,(H,18,19). The lowest BCUT2D eigenvalue weighted by Gasteiger charge is -2.35. The minimum absolute atomic E-state index is 0.874. The molecule has 122 valence electrons. The fraction of sp³-hybridized carbons (Fsp3) is 0.824. The lowest BCUT2D eigenvalue weighted by Crippen LogP contribution is -2.42. The maximum absolute atomic E-state index is 5.44. The third-order valence-electron chi connectivity index (χ3n) is 5.59. The molecule has 0 atom stereocenters. The highest BCUT2D eigenvalue weighted by Crippen LogP contribution is 2.25. The number of rotatable bonds is 4. The van der Waals surface area contributed by atoms with Gasteiger partial charge in [-0.3, -0.25) is 14.9 Å². The number of morpholine rings is 1. The van der Waals surface area contributed by atoms with Crippen molar-refractivity contribution in [2.24, 2.45) is 5.92 Å². The first-order chi connectivity index (χ1) is 10.9. The molecule has 0 unspecified atom stereocenters. The molecule has 1 aliphatic carbocycles. The molecular formula is C17H28N4O. The minimum Gasteiger partial charge on any atom is -0.379 e. The number of H-pyrrole nitrogens is 1. The first kappa shape index (κ1) is 14.7. The highest BCUT2D eigenvalue weighted by atomic mass is 16.5. The van der Waals surface area contributed by atoms with Crippen molar-refractivity contribution in [3.8, 4) is 0 Å². The second-order valence-corrected chi connectivity index (χ2v) is 7.11. The van der Waals surface area contributed by atoms with Gasteiger partial charge in [0.1, 0.15) is 0 Å². The number of aromatic nitrogens is 2. The van der Waals surface area contributed by atoms with E-state index >= 15 is 0 Å². The number of hydrogen-bond acceptors (Lipinski definition) is 4. The lowest BCUT2D eigenvalue weighted by atomic mass is 9.95. The minimum atomic E-state index is 0.874. The molecule has 0 amide bonds. The molecule has 3 aliphatic rings. The van der Waals surface area contributed by atoms with Crippen LogP contribution in [0.15, 0.2) is 0 Å². The molecular weight excluding hydrogens is 276 g/mol. The van der Waals surface area contributed by atoms with Crippen LogP contribution in [0.25, 0.3) is 0 Å². The molecule has 2 saturated heterocycles. The Labute approximate surface area is 133 Å². The molecule has 0 saturated carbocycles. The molecule has 1 aromatic rings. The summed E-state index contributed by atoms with van der Waals surface area (Å²) < 4.78 is 5.44. The van der Waals surface area contributed by atoms with Gasteiger partial charge in [-0.1, -0.05) is 0 Å². The first-order valence-electron chi connectivity index (χ1n) is 8.96. The Hall–Kier alpha value is -0.910. The summed E-state index contributed by atoms with van der Waals surface area (Å²) >= 11 is 0. The summed E-state index contributed by atoms with van der Waals surface area (Å²) in [6.45, 7) is 8.88. The fourth-order valence-corrected chi connectivity index (χ4v) is 4.21. The zero-order valence-corrected chi connectivity index (χ0v) is 13.5. The van der Waals surface area contributed by atoms with E-state index < -0.39 is 0 Å². The molecule has 5 nitrogen and oxygen atoms in total. The molecule has 3 heterocycles. The predicted octanol–water partition coefficient (Wildman–Crippen LogP) is 1.44. The van der Waals surface area contributed by atoms with Gasteiger partial charge in [0.05, 0.1) is 18.9 Å². The van der Waals surface area contributed by atoms with E-state index in [-0.39, 0.29) is 0 Å². The average molecular weight is 304 g/mol. The van der Waals surface area contributed by atoms with Gasteiger partial charge in [-0.15, -0.1) is 0 Å². The molecule has 4 rings (SSSR count). The van der Waals surface area contributed by atoms with Gasteiger partial charge in [-0.2, -0.15) is 5.10 Å². The van der Waals surface area contributed by atoms with Crippen LogP contribution in [0.1, 0.15) is 36.2 Å². The lowest BCUT2D eigenvalue weighted by molar-refractivity contribution is 0.0241. The van der Waals surface area contributed by atoms with Crippen LogP contribution in [-0.4, -0.2) is 65.9 Å². The van der Waals surface area contributed by atoms with Gasteiger partial charge in [0.2, 0.25) is 0 Å². The summed E-state index contributed by atoms with van der Waals surface area (Å²) in [5, 5.41) is 7.80. The second kappa shape index (κ2) is 6.69. The number of piperidine rings is 1. The van der Waals surface area contributed by atoms with Crippen LogP contribution in [0.4, 0.5) is 0 Å². The summed E-state index contributed by atoms with van der Waals surface area (Å²) in [5.74, 6) is 0.874. The number of fused-ring (bicyclic) bond motifs is 1. The van der Waals surface area contributed by atoms with Crippen molar-refractivity contribution in [3.05, 3.63) is 17.0 Å². The molecule has 2 fully saturated rings. The van der Waals surface area contributed by atoms with E-state index in [0.717, 1.165) is 38.8 Å². The van der Waals surface area contributed by atoms with E-state index in [2.05, 4.69) is 20.0 Å². The number of nitrogens with one attached hydrogen (secondary N) is 1. The van der Waals surface area contributed by atoms with Gasteiger partial charge in [0.25, 0.3) is 0 Å². The molecule has 5 heteroatoms. The summed E-state index contributed by atoms with van der Waals surface area (Å²) in [4.78, 5) is 5.19. The molecule has 1 aromatic heterocycles. The highest BCUT2D eigenvalue weighted by Gasteiger charge is 2.25. The molecule has 0 spiro atoms. The topological polar surface area (TPSA) is 44.4 Å². The Balaban J connectivity index is 1.25. The van der Waals surface area contributed by atoms with Gasteiger partial charge in [-0.25, -0.2) is 0 Å². The van der Waals surface area contributed by atoms with Crippen molar-refractivity contribution in [1.29, 1.82) is 0 Å². The van der Waals surface area contributed by atoms with Crippen LogP contribution in [0.3, 0.4) is 0 Å². The molecule has 0 bridgehead atoms. The number of ether oxygens (including phenoxy) is 1. The fourth-order valence-electron chi connectivity index (χ4n) is 4.21. The van der Waals surface area contributed by atoms with E-state index in [0.29, 0.717) is 0 Å². The van der Waals surface area contributed by atoms with Crippen LogP contribution >= 0.6 is 0 Å². The van der Waals surface area contributed by atoms with Crippen molar-refractivity contribution in [2.75, 3.05) is 45.9 Å². The summed E-state index contributed by atoms with van der Waals surface area (Å²) in [6.07, 6.45) is 6.41. The van der Waals surface area contributed by atoms with Crippen LogP contribution in [-0.2, 0) is 24.1 Å². The smallest absolute Gasteiger partial charge is 0.0797 e. The van der Waals surface area contributed by atoms with Crippen LogP contribution in [0, 0.1) is 5.92 Å². The zero-order chi connectivity index (χ0) is 14.8. The molecule has 2 aliphatic heterocycles. The SMILES string of the molecule is C1Cc2[nH]nc(CN3CCC(CN4CCOCC4)CC3)c2C1. The summed E-state index contributed by atoms with van der Waals surface area (Å²) in [5.41, 5.74) is 4.24. The summed E-state index contributed by atoms with van der Waals surface area (Å²) in [7, 11) is 0. The monoisotopic (exact) mass is 304 g/mol. The Morgan fingerprint density at radius 2 is 1.86 bits per heavy atom. The highest BCUT2D eigenvalue weighted by molar-refractivity contribution is 5.29. The number of likely N-dealkylation sites (tertiary alicyclic amines) is 1. The average Bonchev–Trinajstić information content (AvgIpc) is 3.15. The second-order valence-electron chi connectivity index (χ2n) is 7.11. The molecule has 0 aromatic carbocycles. The molecule has 0 radical (unpaired) electrons. The van der Waals surface area contributed by atoms with E-state index in [1.54, 1.807) is 0 Å². The first-order valence-corrected chi connectivity index (χ1v) is 8.96. The normalized spacial score (nSPS) is 24.7. The zero-order valence-electron chi connectivity index (χ0n) is 13.5.